The summed E-state index contributed by atoms with van der Waals surface area (Å²) in [5.41, 5.74) is 1.21. The molecule has 3 fully saturated rings. The predicted molar refractivity (Wildman–Crippen MR) is 257 cm³/mol. The van der Waals surface area contributed by atoms with Crippen molar-refractivity contribution < 1.29 is 68.3 Å². The molecule has 0 aliphatic carbocycles. The monoisotopic (exact) mass is 1010 g/mol. The van der Waals surface area contributed by atoms with Gasteiger partial charge in [-0.05, 0) is 88.0 Å². The van der Waals surface area contributed by atoms with Crippen LogP contribution in [0, 0.1) is 5.92 Å². The van der Waals surface area contributed by atoms with Crippen LogP contribution in [0.1, 0.15) is 90.7 Å². The molecular weight excluding hydrogens is 937 g/mol. The van der Waals surface area contributed by atoms with Crippen molar-refractivity contribution in [1.29, 1.82) is 0 Å². The summed E-state index contributed by atoms with van der Waals surface area (Å²) in [6.45, 7) is 6.83. The number of phenolic OH excluding ortho intramolecular Hbond substituents is 1. The number of piperidine rings is 1. The third kappa shape index (κ3) is 14.1. The average Bonchev–Trinajstić information content (AvgIpc) is 3.85. The van der Waals surface area contributed by atoms with Crippen LogP contribution in [-0.2, 0) is 60.7 Å². The molecule has 394 valence electrons. The molecule has 22 heteroatoms. The highest BCUT2D eigenvalue weighted by atomic mass is 16.5. The first-order valence-corrected chi connectivity index (χ1v) is 24.6. The number of phenols is 1. The van der Waals surface area contributed by atoms with Crippen molar-refractivity contribution in [1.82, 2.24) is 41.3 Å². The van der Waals surface area contributed by atoms with Gasteiger partial charge in [0.25, 0.3) is 0 Å². The number of rotatable bonds is 14. The van der Waals surface area contributed by atoms with Crippen molar-refractivity contribution in [3.05, 3.63) is 65.7 Å². The van der Waals surface area contributed by atoms with Gasteiger partial charge in [0, 0.05) is 26.4 Å². The number of cyclic esters (lactones) is 1. The highest BCUT2D eigenvalue weighted by molar-refractivity contribution is 5.99. The van der Waals surface area contributed by atoms with Crippen LogP contribution >= 0.6 is 0 Å². The number of likely N-dealkylation sites (tertiary alicyclic amines) is 1. The Bertz CT molecular complexity index is 2260. The number of benzene rings is 2. The number of aryl methyl sites for hydroxylation is 1. The van der Waals surface area contributed by atoms with E-state index >= 15 is 0 Å². The second kappa shape index (κ2) is 25.6. The van der Waals surface area contributed by atoms with E-state index in [0.29, 0.717) is 31.4 Å². The molecule has 72 heavy (non-hydrogen) atoms. The van der Waals surface area contributed by atoms with Crippen LogP contribution < -0.4 is 26.6 Å². The number of aromatic hydroxyl groups is 1. The van der Waals surface area contributed by atoms with Gasteiger partial charge in [-0.1, -0.05) is 63.2 Å². The first-order valence-electron chi connectivity index (χ1n) is 24.6. The van der Waals surface area contributed by atoms with Crippen molar-refractivity contribution >= 4 is 53.2 Å². The fraction of sp³-hybridized carbons (Fsp3) is 0.580. The summed E-state index contributed by atoms with van der Waals surface area (Å²) in [5, 5.41) is 55.8. The highest BCUT2D eigenvalue weighted by Crippen LogP contribution is 2.26. The van der Waals surface area contributed by atoms with E-state index in [1.54, 1.807) is 44.2 Å². The van der Waals surface area contributed by atoms with Gasteiger partial charge in [-0.15, -0.1) is 0 Å². The fourth-order valence-electron chi connectivity index (χ4n) is 9.18. The topological polar surface area (TPSA) is 314 Å². The second-order valence-corrected chi connectivity index (χ2v) is 19.1. The molecule has 11 atom stereocenters. The Morgan fingerprint density at radius 3 is 2.17 bits per heavy atom. The maximum atomic E-state index is 14.7. The van der Waals surface area contributed by atoms with Gasteiger partial charge in [-0.25, -0.2) is 4.79 Å². The zero-order chi connectivity index (χ0) is 53.0. The number of esters is 1. The van der Waals surface area contributed by atoms with E-state index < -0.39 is 127 Å². The van der Waals surface area contributed by atoms with E-state index in [1.807, 2.05) is 6.92 Å². The molecular formula is C50H70N8O14. The number of fused-ring (bicyclic) bond motifs is 2. The maximum absolute atomic E-state index is 14.7. The zero-order valence-corrected chi connectivity index (χ0v) is 41.6. The number of nitrogens with one attached hydrogen (secondary N) is 5. The van der Waals surface area contributed by atoms with E-state index in [0.717, 1.165) is 15.4 Å². The van der Waals surface area contributed by atoms with E-state index in [2.05, 4.69) is 26.6 Å². The number of hydrogen-bond donors (Lipinski definition) is 9. The summed E-state index contributed by atoms with van der Waals surface area (Å²) in [4.78, 5) is 131. The molecule has 8 amide bonds. The summed E-state index contributed by atoms with van der Waals surface area (Å²) < 4.78 is 5.85. The van der Waals surface area contributed by atoms with Crippen molar-refractivity contribution in [2.24, 2.45) is 5.92 Å². The summed E-state index contributed by atoms with van der Waals surface area (Å²) >= 11 is 0. The predicted octanol–water partition coefficient (Wildman–Crippen LogP) is -1.11. The molecule has 0 spiro atoms. The minimum atomic E-state index is -1.85. The lowest BCUT2D eigenvalue weighted by Gasteiger charge is -2.43. The summed E-state index contributed by atoms with van der Waals surface area (Å²) in [5.74, 6) is -8.75. The van der Waals surface area contributed by atoms with E-state index in [4.69, 9.17) is 4.74 Å². The standard InChI is InChI=1S/C50H70N8O14/c1-7-12-38(62)57-24-11-15-36(57)45(66)53-35(26-59)44(65)55-41-29(5)72-50(71)40(27(2)3)54-46(67)37(25-31-16-19-32(61)20-17-31)56(6)49(70)42(28(4)60)58-39(63)23-22-34(48(58)69)52-43(64)33(51-47(41)68)21-18-30-13-9-8-10-14-30/h8-10,13-14,16-17,19-20,27-29,33-37,39-42,59-61,63H,7,11-12,15,18,21-26H2,1-6H3,(H,51,68)(H,52,64)(H,53,66)(H,54,67)(H,55,65)/t28-,29-,33+,34+,35+,36+,37+,39-,40+,41+,42+/m1/s1. The molecule has 5 rings (SSSR count). The van der Waals surface area contributed by atoms with Gasteiger partial charge in [0.2, 0.25) is 47.3 Å². The number of ether oxygens (including phenoxy) is 1. The molecule has 2 aromatic carbocycles. The lowest BCUT2D eigenvalue weighted by atomic mass is 9.96. The average molecular weight is 1010 g/mol. The quantitative estimate of drug-likeness (QED) is 0.102. The number of hydrogen-bond acceptors (Lipinski definition) is 14. The smallest absolute Gasteiger partial charge is 0.329 e. The molecule has 0 aromatic heterocycles. The zero-order valence-electron chi connectivity index (χ0n) is 41.6. The Labute approximate surface area is 418 Å². The van der Waals surface area contributed by atoms with Crippen molar-refractivity contribution in [2.75, 3.05) is 20.2 Å². The molecule has 0 saturated carbocycles. The number of carbonyl (C=O) groups excluding carboxylic acids is 9. The highest BCUT2D eigenvalue weighted by Gasteiger charge is 2.47. The molecule has 2 aromatic rings. The molecule has 0 radical (unpaired) electrons. The van der Waals surface area contributed by atoms with Crippen LogP contribution in [0.3, 0.4) is 0 Å². The Hall–Kier alpha value is -6.65. The number of nitrogens with zero attached hydrogens (tertiary/aromatic N) is 3. The third-order valence-corrected chi connectivity index (χ3v) is 13.3. The van der Waals surface area contributed by atoms with E-state index in [9.17, 15) is 63.6 Å². The molecule has 3 heterocycles. The Balaban J connectivity index is 1.56. The lowest BCUT2D eigenvalue weighted by Crippen LogP contribution is -2.67. The van der Waals surface area contributed by atoms with Crippen LogP contribution in [0.25, 0.3) is 0 Å². The Morgan fingerprint density at radius 1 is 0.861 bits per heavy atom. The summed E-state index contributed by atoms with van der Waals surface area (Å²) in [6.07, 6.45) is -3.71. The summed E-state index contributed by atoms with van der Waals surface area (Å²) in [7, 11) is 1.25. The number of aliphatic hydroxyl groups is 3. The molecule has 22 nitrogen and oxygen atoms in total. The van der Waals surface area contributed by atoms with Crippen LogP contribution in [0.15, 0.2) is 54.6 Å². The fourth-order valence-corrected chi connectivity index (χ4v) is 9.18. The van der Waals surface area contributed by atoms with E-state index in [1.165, 1.54) is 50.1 Å². The number of carbonyl (C=O) groups is 9. The normalized spacial score (nSPS) is 26.8. The van der Waals surface area contributed by atoms with Crippen LogP contribution in [-0.4, -0.2) is 175 Å². The summed E-state index contributed by atoms with van der Waals surface area (Å²) in [6, 6.07) is 2.55. The lowest BCUT2D eigenvalue weighted by molar-refractivity contribution is -0.170. The second-order valence-electron chi connectivity index (χ2n) is 19.1. The van der Waals surface area contributed by atoms with E-state index in [-0.39, 0.29) is 50.2 Å². The minimum Gasteiger partial charge on any atom is -0.508 e. The van der Waals surface area contributed by atoms with Gasteiger partial charge in [0.05, 0.1) is 12.7 Å². The molecule has 3 saturated heterocycles. The van der Waals surface area contributed by atoms with Gasteiger partial charge in [-0.2, -0.15) is 0 Å². The van der Waals surface area contributed by atoms with Gasteiger partial charge in [0.15, 0.2) is 0 Å². The minimum absolute atomic E-state index is 0.0862. The van der Waals surface area contributed by atoms with Crippen LogP contribution in [0.2, 0.25) is 0 Å². The number of likely N-dealkylation sites (N-methyl/N-ethyl adjacent to an activating group) is 1. The van der Waals surface area contributed by atoms with Crippen LogP contribution in [0.4, 0.5) is 0 Å². The Morgan fingerprint density at radius 2 is 1.54 bits per heavy atom. The molecule has 0 unspecified atom stereocenters. The first-order chi connectivity index (χ1) is 34.2. The van der Waals surface area contributed by atoms with Gasteiger partial charge < -0.3 is 66.4 Å². The third-order valence-electron chi connectivity index (χ3n) is 13.3. The van der Waals surface area contributed by atoms with Gasteiger partial charge in [0.1, 0.15) is 66.4 Å². The molecule has 3 aliphatic heterocycles. The number of aliphatic hydroxyl groups excluding tert-OH is 3. The van der Waals surface area contributed by atoms with Crippen molar-refractivity contribution in [3.8, 4) is 5.75 Å². The Kier molecular flexibility index (Phi) is 20.0. The first kappa shape index (κ1) is 56.3. The largest absolute Gasteiger partial charge is 0.508 e. The molecule has 2 bridgehead atoms. The number of amides is 8. The van der Waals surface area contributed by atoms with Gasteiger partial charge in [-0.3, -0.25) is 38.4 Å². The molecule has 3 aliphatic rings. The molecule has 9 N–H and O–H groups in total. The van der Waals surface area contributed by atoms with Crippen LogP contribution in [0.5, 0.6) is 5.75 Å². The SMILES string of the molecule is CCCC(=O)N1CCC[C@H]1C(=O)N[C@@H](CO)C(=O)N[C@@H]1C(=O)N[C@@H](CCc2ccccc2)C(=O)N[C@H]2CC[C@@H](O)N(C2=O)[C@@H]([C@@H](C)O)C(=O)N(C)[C@@H](Cc2ccc(O)cc2)C(=O)N[C@@H](C(C)C)C(=O)O[C@@H]1C. The van der Waals surface area contributed by atoms with Crippen molar-refractivity contribution in [2.45, 2.75) is 159 Å². The van der Waals surface area contributed by atoms with Gasteiger partial charge >= 0.3 is 5.97 Å². The van der Waals surface area contributed by atoms with Crippen molar-refractivity contribution in [3.63, 3.8) is 0 Å². The maximum Gasteiger partial charge on any atom is 0.329 e.